The van der Waals surface area contributed by atoms with E-state index >= 15 is 0 Å². The highest BCUT2D eigenvalue weighted by molar-refractivity contribution is 7.98. The van der Waals surface area contributed by atoms with E-state index in [2.05, 4.69) is 54.1 Å². The van der Waals surface area contributed by atoms with E-state index in [0.717, 1.165) is 13.2 Å². The second-order valence-electron chi connectivity index (χ2n) is 4.23. The maximum absolute atomic E-state index is 5.17. The quantitative estimate of drug-likeness (QED) is 0.759. The SMILES string of the molecule is COCCn1c(C)ccc1-c1ccc(SC)cc1. The van der Waals surface area contributed by atoms with Crippen LogP contribution in [0.4, 0.5) is 0 Å². The molecule has 0 saturated carbocycles. The monoisotopic (exact) mass is 261 g/mol. The van der Waals surface area contributed by atoms with Gasteiger partial charge in [-0.3, -0.25) is 0 Å². The third-order valence-corrected chi connectivity index (χ3v) is 3.85. The molecule has 0 bridgehead atoms. The van der Waals surface area contributed by atoms with E-state index in [1.807, 2.05) is 0 Å². The van der Waals surface area contributed by atoms with Crippen molar-refractivity contribution in [2.75, 3.05) is 20.0 Å². The first-order chi connectivity index (χ1) is 8.76. The summed E-state index contributed by atoms with van der Waals surface area (Å²) in [5, 5.41) is 0. The maximum atomic E-state index is 5.17. The minimum atomic E-state index is 0.741. The molecule has 0 aliphatic rings. The van der Waals surface area contributed by atoms with Crippen LogP contribution >= 0.6 is 11.8 Å². The van der Waals surface area contributed by atoms with Gasteiger partial charge in [0.15, 0.2) is 0 Å². The Labute approximate surface area is 113 Å². The van der Waals surface area contributed by atoms with E-state index < -0.39 is 0 Å². The Kier molecular flexibility index (Phi) is 4.50. The Morgan fingerprint density at radius 1 is 1.11 bits per heavy atom. The van der Waals surface area contributed by atoms with Crippen molar-refractivity contribution in [2.45, 2.75) is 18.4 Å². The predicted molar refractivity (Wildman–Crippen MR) is 78.3 cm³/mol. The molecule has 0 atom stereocenters. The number of ether oxygens (including phenoxy) is 1. The number of aromatic nitrogens is 1. The molecule has 0 radical (unpaired) electrons. The molecule has 0 unspecified atom stereocenters. The van der Waals surface area contributed by atoms with E-state index in [-0.39, 0.29) is 0 Å². The largest absolute Gasteiger partial charge is 0.383 e. The minimum absolute atomic E-state index is 0.741. The second kappa shape index (κ2) is 6.12. The smallest absolute Gasteiger partial charge is 0.0642 e. The van der Waals surface area contributed by atoms with Crippen LogP contribution in [-0.2, 0) is 11.3 Å². The van der Waals surface area contributed by atoms with Gasteiger partial charge in [-0.15, -0.1) is 11.8 Å². The summed E-state index contributed by atoms with van der Waals surface area (Å²) in [6.45, 7) is 3.77. The summed E-state index contributed by atoms with van der Waals surface area (Å²) in [5.41, 5.74) is 3.80. The fourth-order valence-electron chi connectivity index (χ4n) is 2.06. The summed E-state index contributed by atoms with van der Waals surface area (Å²) in [5.74, 6) is 0. The molecule has 0 spiro atoms. The van der Waals surface area contributed by atoms with Crippen LogP contribution in [0.15, 0.2) is 41.3 Å². The van der Waals surface area contributed by atoms with Crippen molar-refractivity contribution in [3.05, 3.63) is 42.1 Å². The van der Waals surface area contributed by atoms with Gasteiger partial charge in [-0.1, -0.05) is 12.1 Å². The highest BCUT2D eigenvalue weighted by Gasteiger charge is 2.07. The molecule has 96 valence electrons. The third-order valence-electron chi connectivity index (χ3n) is 3.10. The van der Waals surface area contributed by atoms with Crippen molar-refractivity contribution in [1.29, 1.82) is 0 Å². The molecule has 0 N–H and O–H groups in total. The Balaban J connectivity index is 2.31. The van der Waals surface area contributed by atoms with Gasteiger partial charge in [-0.2, -0.15) is 0 Å². The first-order valence-corrected chi connectivity index (χ1v) is 7.28. The normalized spacial score (nSPS) is 10.8. The molecular formula is C15H19NOS. The van der Waals surface area contributed by atoms with Gasteiger partial charge in [-0.25, -0.2) is 0 Å². The van der Waals surface area contributed by atoms with Gasteiger partial charge >= 0.3 is 0 Å². The molecule has 0 saturated heterocycles. The van der Waals surface area contributed by atoms with E-state index in [4.69, 9.17) is 4.74 Å². The van der Waals surface area contributed by atoms with Crippen molar-refractivity contribution in [3.8, 4) is 11.3 Å². The van der Waals surface area contributed by atoms with Crippen molar-refractivity contribution >= 4 is 11.8 Å². The van der Waals surface area contributed by atoms with Crippen LogP contribution in [0.1, 0.15) is 5.69 Å². The van der Waals surface area contributed by atoms with Crippen LogP contribution in [0.2, 0.25) is 0 Å². The Morgan fingerprint density at radius 3 is 2.44 bits per heavy atom. The summed E-state index contributed by atoms with van der Waals surface area (Å²) in [6.07, 6.45) is 2.10. The van der Waals surface area contributed by atoms with Crippen molar-refractivity contribution in [3.63, 3.8) is 0 Å². The molecule has 0 aliphatic carbocycles. The number of hydrogen-bond acceptors (Lipinski definition) is 2. The lowest BCUT2D eigenvalue weighted by atomic mass is 10.1. The molecule has 2 nitrogen and oxygen atoms in total. The fourth-order valence-corrected chi connectivity index (χ4v) is 2.47. The van der Waals surface area contributed by atoms with Gasteiger partial charge in [-0.05, 0) is 43.0 Å². The Bertz CT molecular complexity index is 502. The molecule has 3 heteroatoms. The number of nitrogens with zero attached hydrogens (tertiary/aromatic N) is 1. The van der Waals surface area contributed by atoms with Crippen molar-refractivity contribution in [1.82, 2.24) is 4.57 Å². The molecule has 2 aromatic rings. The molecule has 1 aromatic carbocycles. The zero-order valence-corrected chi connectivity index (χ0v) is 12.0. The molecule has 0 aliphatic heterocycles. The number of benzene rings is 1. The van der Waals surface area contributed by atoms with E-state index in [9.17, 15) is 0 Å². The summed E-state index contributed by atoms with van der Waals surface area (Å²) in [7, 11) is 1.74. The summed E-state index contributed by atoms with van der Waals surface area (Å²) in [6, 6.07) is 13.0. The van der Waals surface area contributed by atoms with E-state index in [0.29, 0.717) is 0 Å². The molecule has 1 heterocycles. The van der Waals surface area contributed by atoms with E-state index in [1.54, 1.807) is 18.9 Å². The summed E-state index contributed by atoms with van der Waals surface area (Å²) >= 11 is 1.77. The molecule has 18 heavy (non-hydrogen) atoms. The Hall–Kier alpha value is -1.19. The first kappa shape index (κ1) is 13.2. The number of hydrogen-bond donors (Lipinski definition) is 0. The van der Waals surface area contributed by atoms with Crippen LogP contribution in [0.5, 0.6) is 0 Å². The first-order valence-electron chi connectivity index (χ1n) is 6.05. The van der Waals surface area contributed by atoms with Gasteiger partial charge in [0.2, 0.25) is 0 Å². The molecule has 0 fully saturated rings. The molecule has 1 aromatic heterocycles. The van der Waals surface area contributed by atoms with Gasteiger partial charge in [0.25, 0.3) is 0 Å². The van der Waals surface area contributed by atoms with Gasteiger partial charge in [0, 0.05) is 29.9 Å². The van der Waals surface area contributed by atoms with Crippen molar-refractivity contribution < 1.29 is 4.74 Å². The van der Waals surface area contributed by atoms with Crippen LogP contribution in [-0.4, -0.2) is 24.5 Å². The van der Waals surface area contributed by atoms with Crippen LogP contribution in [0.25, 0.3) is 11.3 Å². The topological polar surface area (TPSA) is 14.2 Å². The van der Waals surface area contributed by atoms with E-state index in [1.165, 1.54) is 21.8 Å². The number of aryl methyl sites for hydroxylation is 1. The summed E-state index contributed by atoms with van der Waals surface area (Å²) < 4.78 is 7.48. The second-order valence-corrected chi connectivity index (χ2v) is 5.11. The third kappa shape index (κ3) is 2.79. The molecule has 2 rings (SSSR count). The summed E-state index contributed by atoms with van der Waals surface area (Å²) in [4.78, 5) is 1.30. The lowest BCUT2D eigenvalue weighted by Crippen LogP contribution is -2.07. The highest BCUT2D eigenvalue weighted by Crippen LogP contribution is 2.25. The van der Waals surface area contributed by atoms with Crippen molar-refractivity contribution in [2.24, 2.45) is 0 Å². The standard InChI is InChI=1S/C15H19NOS/c1-12-4-9-15(16(12)10-11-17-2)13-5-7-14(18-3)8-6-13/h4-9H,10-11H2,1-3H3. The van der Waals surface area contributed by atoms with Gasteiger partial charge < -0.3 is 9.30 Å². The average molecular weight is 261 g/mol. The highest BCUT2D eigenvalue weighted by atomic mass is 32.2. The van der Waals surface area contributed by atoms with Crippen LogP contribution < -0.4 is 0 Å². The lowest BCUT2D eigenvalue weighted by molar-refractivity contribution is 0.187. The predicted octanol–water partition coefficient (Wildman–Crippen LogP) is 3.83. The zero-order chi connectivity index (χ0) is 13.0. The Morgan fingerprint density at radius 2 is 1.83 bits per heavy atom. The molecule has 0 amide bonds. The minimum Gasteiger partial charge on any atom is -0.383 e. The van der Waals surface area contributed by atoms with Gasteiger partial charge in [0.1, 0.15) is 0 Å². The fraction of sp³-hybridized carbons (Fsp3) is 0.333. The molecular weight excluding hydrogens is 242 g/mol. The lowest BCUT2D eigenvalue weighted by Gasteiger charge is -2.11. The zero-order valence-electron chi connectivity index (χ0n) is 11.1. The van der Waals surface area contributed by atoms with Crippen LogP contribution in [0.3, 0.4) is 0 Å². The number of methoxy groups -OCH3 is 1. The van der Waals surface area contributed by atoms with Crippen LogP contribution in [0, 0.1) is 6.92 Å². The average Bonchev–Trinajstić information content (AvgIpc) is 2.78. The number of thioether (sulfide) groups is 1. The van der Waals surface area contributed by atoms with Gasteiger partial charge in [0.05, 0.1) is 6.61 Å². The maximum Gasteiger partial charge on any atom is 0.0642 e. The number of rotatable bonds is 5.